The molecule has 0 aromatic rings. The van der Waals surface area contributed by atoms with Crippen LogP contribution in [-0.4, -0.2) is 58.3 Å². The van der Waals surface area contributed by atoms with E-state index in [1.165, 1.54) is 12.2 Å². The lowest BCUT2D eigenvalue weighted by atomic mass is 9.44. The minimum atomic E-state index is -2.03. The van der Waals surface area contributed by atoms with Gasteiger partial charge in [-0.1, -0.05) is 25.5 Å². The number of halogens is 1. The third-order valence-electron chi connectivity index (χ3n) is 9.18. The molecule has 7 nitrogen and oxygen atoms in total. The van der Waals surface area contributed by atoms with Gasteiger partial charge in [0.05, 0.1) is 12.6 Å². The molecule has 4 rings (SSSR count). The summed E-state index contributed by atoms with van der Waals surface area (Å²) in [7, 11) is 0. The van der Waals surface area contributed by atoms with Gasteiger partial charge in [0.1, 0.15) is 5.60 Å². The van der Waals surface area contributed by atoms with E-state index >= 15 is 4.39 Å². The number of esters is 1. The van der Waals surface area contributed by atoms with Crippen molar-refractivity contribution in [2.75, 3.05) is 13.2 Å². The number of ketones is 2. The van der Waals surface area contributed by atoms with Gasteiger partial charge in [0.25, 0.3) is 0 Å². The molecule has 0 amide bonds. The summed E-state index contributed by atoms with van der Waals surface area (Å²) in [5.74, 6) is -3.07. The lowest BCUT2D eigenvalue weighted by molar-refractivity contribution is -0.219. The van der Waals surface area contributed by atoms with Gasteiger partial charge in [-0.05, 0) is 56.6 Å². The van der Waals surface area contributed by atoms with Crippen LogP contribution in [0.1, 0.15) is 46.5 Å². The van der Waals surface area contributed by atoms with Crippen molar-refractivity contribution in [1.82, 2.24) is 0 Å². The van der Waals surface area contributed by atoms with Crippen molar-refractivity contribution < 1.29 is 33.7 Å². The number of Topliss-reactive ketones (excluding diaryl/α,β-unsaturated/α-hetero) is 1. The van der Waals surface area contributed by atoms with Crippen LogP contribution in [0.4, 0.5) is 4.39 Å². The Hall–Kier alpha value is -1.90. The van der Waals surface area contributed by atoms with Crippen molar-refractivity contribution in [3.63, 3.8) is 0 Å². The predicted octanol–water partition coefficient (Wildman–Crippen LogP) is 1.41. The Labute approximate surface area is 186 Å². The van der Waals surface area contributed by atoms with E-state index in [-0.39, 0.29) is 24.7 Å². The number of aliphatic hydroxyl groups excluding tert-OH is 1. The van der Waals surface area contributed by atoms with Gasteiger partial charge in [0.2, 0.25) is 5.78 Å². The van der Waals surface area contributed by atoms with Crippen molar-refractivity contribution in [2.24, 2.45) is 34.3 Å². The van der Waals surface area contributed by atoms with Gasteiger partial charge in [0, 0.05) is 16.7 Å². The Morgan fingerprint density at radius 2 is 2.00 bits per heavy atom. The molecule has 0 bridgehead atoms. The highest BCUT2D eigenvalue weighted by Crippen LogP contribution is 2.70. The van der Waals surface area contributed by atoms with Crippen molar-refractivity contribution in [3.8, 4) is 0 Å². The minimum Gasteiger partial charge on any atom is -0.457 e. The number of alkyl halides is 1. The van der Waals surface area contributed by atoms with Crippen molar-refractivity contribution in [1.29, 1.82) is 0 Å². The number of hydrogen-bond acceptors (Lipinski definition) is 7. The monoisotopic (exact) mass is 449 g/mol. The number of carbonyl (C=O) groups is 3. The standard InChI is InChI=1S/C24H32FNO6/c1-13-8-17-16-5-4-14-9-15(27)6-7-21(14,2)23(16,25)18(28)10-22(17,3)24(13,31)19(29)12-32-20(30)11-26/h6-7,9,13,16-18,28,31H,4-5,8,10-12,26H2,1-3H3/t13-,16-,17-,18-,21-,22-,23-,24-/m0/s1. The molecular weight excluding hydrogens is 417 g/mol. The van der Waals surface area contributed by atoms with Crippen molar-refractivity contribution in [3.05, 3.63) is 23.8 Å². The number of fused-ring (bicyclic) bond motifs is 5. The molecule has 32 heavy (non-hydrogen) atoms. The lowest BCUT2D eigenvalue weighted by Gasteiger charge is -2.62. The van der Waals surface area contributed by atoms with Crippen molar-refractivity contribution in [2.45, 2.75) is 63.8 Å². The van der Waals surface area contributed by atoms with E-state index in [9.17, 15) is 24.6 Å². The Bertz CT molecular complexity index is 931. The molecule has 0 aromatic carbocycles. The summed E-state index contributed by atoms with van der Waals surface area (Å²) in [4.78, 5) is 36.5. The normalized spacial score (nSPS) is 47.2. The van der Waals surface area contributed by atoms with Crippen LogP contribution in [0.25, 0.3) is 0 Å². The SMILES string of the molecule is C[C@H]1C[C@H]2[C@@H]3CCC4=CC(=O)C=C[C@]4(C)[C@@]3(F)[C@@H](O)C[C@]2(C)[C@@]1(O)C(=O)COC(=O)CN. The van der Waals surface area contributed by atoms with Crippen LogP contribution < -0.4 is 5.73 Å². The summed E-state index contributed by atoms with van der Waals surface area (Å²) in [5.41, 5.74) is -0.214. The smallest absolute Gasteiger partial charge is 0.320 e. The summed E-state index contributed by atoms with van der Waals surface area (Å²) in [6.07, 6.45) is 4.17. The van der Waals surface area contributed by atoms with E-state index in [0.29, 0.717) is 24.8 Å². The number of hydrogen-bond donors (Lipinski definition) is 3. The van der Waals surface area contributed by atoms with Gasteiger partial charge < -0.3 is 20.7 Å². The lowest BCUT2D eigenvalue weighted by Crippen LogP contribution is -2.69. The van der Waals surface area contributed by atoms with E-state index in [2.05, 4.69) is 0 Å². The van der Waals surface area contributed by atoms with Crippen LogP contribution >= 0.6 is 0 Å². The summed E-state index contributed by atoms with van der Waals surface area (Å²) in [5, 5.41) is 23.0. The molecule has 4 aliphatic rings. The largest absolute Gasteiger partial charge is 0.457 e. The quantitative estimate of drug-likeness (QED) is 0.554. The molecule has 0 heterocycles. The number of rotatable bonds is 4. The highest BCUT2D eigenvalue weighted by molar-refractivity contribution is 6.01. The van der Waals surface area contributed by atoms with E-state index in [1.807, 2.05) is 0 Å². The second-order valence-electron chi connectivity index (χ2n) is 10.5. The van der Waals surface area contributed by atoms with Gasteiger partial charge in [-0.3, -0.25) is 14.4 Å². The fourth-order valence-electron chi connectivity index (χ4n) is 7.46. The zero-order chi connectivity index (χ0) is 23.7. The maximum Gasteiger partial charge on any atom is 0.320 e. The first kappa shape index (κ1) is 23.3. The zero-order valence-electron chi connectivity index (χ0n) is 18.8. The van der Waals surface area contributed by atoms with E-state index in [4.69, 9.17) is 10.5 Å². The second kappa shape index (κ2) is 7.30. The van der Waals surface area contributed by atoms with Crippen LogP contribution in [0, 0.1) is 28.6 Å². The van der Waals surface area contributed by atoms with Crippen LogP contribution in [0.15, 0.2) is 23.8 Å². The number of allylic oxidation sites excluding steroid dienone is 4. The average Bonchev–Trinajstić information content (AvgIpc) is 2.94. The zero-order valence-corrected chi connectivity index (χ0v) is 18.8. The van der Waals surface area contributed by atoms with Crippen molar-refractivity contribution >= 4 is 17.5 Å². The molecule has 176 valence electrons. The molecule has 0 saturated heterocycles. The molecule has 0 aliphatic heterocycles. The Balaban J connectivity index is 1.73. The Morgan fingerprint density at radius 1 is 1.31 bits per heavy atom. The van der Waals surface area contributed by atoms with Crippen LogP contribution in [0.2, 0.25) is 0 Å². The van der Waals surface area contributed by atoms with Crippen LogP contribution in [0.3, 0.4) is 0 Å². The van der Waals surface area contributed by atoms with Gasteiger partial charge in [-0.15, -0.1) is 0 Å². The number of nitrogens with two attached hydrogens (primary N) is 1. The van der Waals surface area contributed by atoms with E-state index in [1.54, 1.807) is 26.8 Å². The van der Waals surface area contributed by atoms with Gasteiger partial charge in [0.15, 0.2) is 18.1 Å². The molecule has 8 heteroatoms. The molecule has 3 fully saturated rings. The molecule has 3 saturated carbocycles. The Kier molecular flexibility index (Phi) is 5.31. The topological polar surface area (TPSA) is 127 Å². The molecule has 0 radical (unpaired) electrons. The molecule has 0 aromatic heterocycles. The maximum atomic E-state index is 17.0. The first-order valence-electron chi connectivity index (χ1n) is 11.3. The molecule has 0 unspecified atom stereocenters. The molecule has 8 atom stereocenters. The predicted molar refractivity (Wildman–Crippen MR) is 113 cm³/mol. The Morgan fingerprint density at radius 3 is 2.66 bits per heavy atom. The number of aliphatic hydroxyl groups is 2. The van der Waals surface area contributed by atoms with E-state index in [0.717, 1.165) is 0 Å². The first-order chi connectivity index (χ1) is 14.9. The fraction of sp³-hybridized carbons (Fsp3) is 0.708. The summed E-state index contributed by atoms with van der Waals surface area (Å²) in [6, 6.07) is 0. The summed E-state index contributed by atoms with van der Waals surface area (Å²) < 4.78 is 21.9. The molecule has 0 spiro atoms. The minimum absolute atomic E-state index is 0.118. The summed E-state index contributed by atoms with van der Waals surface area (Å²) >= 11 is 0. The van der Waals surface area contributed by atoms with Gasteiger partial charge in [-0.25, -0.2) is 4.39 Å². The average molecular weight is 450 g/mol. The second-order valence-corrected chi connectivity index (χ2v) is 10.5. The number of carbonyl (C=O) groups excluding carboxylic acids is 3. The van der Waals surface area contributed by atoms with Gasteiger partial charge in [-0.2, -0.15) is 0 Å². The van der Waals surface area contributed by atoms with Gasteiger partial charge >= 0.3 is 5.97 Å². The molecule has 4 N–H and O–H groups in total. The third kappa shape index (κ3) is 2.72. The third-order valence-corrected chi connectivity index (χ3v) is 9.18. The highest BCUT2D eigenvalue weighted by atomic mass is 19.1. The van der Waals surface area contributed by atoms with Crippen LogP contribution in [-0.2, 0) is 19.1 Å². The highest BCUT2D eigenvalue weighted by Gasteiger charge is 2.75. The number of ether oxygens (including phenoxy) is 1. The molecular formula is C24H32FNO6. The fourth-order valence-corrected chi connectivity index (χ4v) is 7.46. The maximum absolute atomic E-state index is 17.0. The molecule has 4 aliphatic carbocycles. The summed E-state index contributed by atoms with van der Waals surface area (Å²) in [6.45, 7) is 4.21. The van der Waals surface area contributed by atoms with Crippen LogP contribution in [0.5, 0.6) is 0 Å². The first-order valence-corrected chi connectivity index (χ1v) is 11.3. The van der Waals surface area contributed by atoms with E-state index < -0.39 is 58.4 Å².